The molecule has 1 amide bonds. The van der Waals surface area contributed by atoms with Gasteiger partial charge in [0.1, 0.15) is 5.75 Å². The van der Waals surface area contributed by atoms with Gasteiger partial charge in [0.2, 0.25) is 0 Å². The maximum absolute atomic E-state index is 13.0. The van der Waals surface area contributed by atoms with Gasteiger partial charge in [0.15, 0.2) is 5.17 Å². The number of carbonyl (C=O) groups is 1. The number of aliphatic imine (C=N–C) groups is 1. The Morgan fingerprint density at radius 2 is 1.88 bits per heavy atom. The highest BCUT2D eigenvalue weighted by molar-refractivity contribution is 8.18. The van der Waals surface area contributed by atoms with Gasteiger partial charge in [-0.15, -0.1) is 0 Å². The molecular formula is C21H22N2O2S. The molecule has 0 unspecified atom stereocenters. The second-order valence-corrected chi connectivity index (χ2v) is 7.34. The van der Waals surface area contributed by atoms with E-state index >= 15 is 0 Å². The van der Waals surface area contributed by atoms with E-state index < -0.39 is 0 Å². The predicted molar refractivity (Wildman–Crippen MR) is 109 cm³/mol. The van der Waals surface area contributed by atoms with E-state index in [-0.39, 0.29) is 17.7 Å². The Bertz CT molecular complexity index is 872. The van der Waals surface area contributed by atoms with Gasteiger partial charge >= 0.3 is 0 Å². The van der Waals surface area contributed by atoms with Crippen LogP contribution < -0.4 is 0 Å². The molecule has 1 aliphatic rings. The second kappa shape index (κ2) is 7.79. The van der Waals surface area contributed by atoms with Crippen molar-refractivity contribution >= 4 is 34.6 Å². The number of hydrogen-bond acceptors (Lipinski definition) is 4. The van der Waals surface area contributed by atoms with Crippen molar-refractivity contribution in [2.45, 2.75) is 33.2 Å². The van der Waals surface area contributed by atoms with E-state index in [1.54, 1.807) is 29.2 Å². The number of benzene rings is 2. The number of rotatable bonds is 4. The van der Waals surface area contributed by atoms with Crippen molar-refractivity contribution in [1.82, 2.24) is 4.90 Å². The van der Waals surface area contributed by atoms with Crippen LogP contribution >= 0.6 is 11.8 Å². The smallest absolute Gasteiger partial charge is 0.267 e. The monoisotopic (exact) mass is 366 g/mol. The highest BCUT2D eigenvalue weighted by Crippen LogP contribution is 2.36. The van der Waals surface area contributed by atoms with Crippen molar-refractivity contribution in [3.63, 3.8) is 0 Å². The van der Waals surface area contributed by atoms with Gasteiger partial charge in [-0.1, -0.05) is 42.8 Å². The molecule has 0 saturated carbocycles. The molecule has 0 aliphatic carbocycles. The molecule has 1 saturated heterocycles. The number of amidine groups is 1. The van der Waals surface area contributed by atoms with Crippen LogP contribution in [-0.4, -0.2) is 27.1 Å². The highest BCUT2D eigenvalue weighted by Gasteiger charge is 2.36. The third-order valence-corrected chi connectivity index (χ3v) is 5.33. The van der Waals surface area contributed by atoms with Gasteiger partial charge in [0.05, 0.1) is 10.6 Å². The summed E-state index contributed by atoms with van der Waals surface area (Å²) < 4.78 is 0. The third-order valence-electron chi connectivity index (χ3n) is 4.35. The minimum Gasteiger partial charge on any atom is -0.507 e. The molecule has 2 aromatic rings. The maximum atomic E-state index is 13.0. The molecule has 0 aromatic heterocycles. The first-order chi connectivity index (χ1) is 12.5. The summed E-state index contributed by atoms with van der Waals surface area (Å²) in [6.45, 7) is 6.10. The summed E-state index contributed by atoms with van der Waals surface area (Å²) >= 11 is 1.35. The van der Waals surface area contributed by atoms with Crippen LogP contribution in [0.25, 0.3) is 6.08 Å². The molecule has 1 heterocycles. The average Bonchev–Trinajstić information content (AvgIpc) is 2.93. The van der Waals surface area contributed by atoms with Gasteiger partial charge in [0, 0.05) is 11.6 Å². The number of aryl methyl sites for hydroxylation is 1. The molecule has 4 nitrogen and oxygen atoms in total. The molecule has 134 valence electrons. The van der Waals surface area contributed by atoms with E-state index in [4.69, 9.17) is 4.99 Å². The van der Waals surface area contributed by atoms with Crippen LogP contribution in [0.1, 0.15) is 31.4 Å². The molecule has 0 radical (unpaired) electrons. The van der Waals surface area contributed by atoms with E-state index in [1.165, 1.54) is 17.3 Å². The Kier molecular flexibility index (Phi) is 5.47. The standard InChI is InChI=1S/C21H22N2O2S/c1-4-15(3)23-20(25)19(13-16-7-5-6-8-18(16)24)26-21(23)22-17-11-9-14(2)10-12-17/h5-13,15,24H,4H2,1-3H3/b19-13+,22-21?/t15-/m1/s1. The average molecular weight is 366 g/mol. The molecule has 26 heavy (non-hydrogen) atoms. The normalized spacial score (nSPS) is 18.7. The first kappa shape index (κ1) is 18.3. The Labute approximate surface area is 158 Å². The van der Waals surface area contributed by atoms with Gasteiger partial charge in [-0.05, 0) is 56.3 Å². The molecule has 1 atom stereocenters. The number of nitrogens with zero attached hydrogens (tertiary/aromatic N) is 2. The van der Waals surface area contributed by atoms with Crippen molar-refractivity contribution in [2.75, 3.05) is 0 Å². The zero-order chi connectivity index (χ0) is 18.7. The van der Waals surface area contributed by atoms with Crippen molar-refractivity contribution in [2.24, 2.45) is 4.99 Å². The van der Waals surface area contributed by atoms with Gasteiger partial charge in [0.25, 0.3) is 5.91 Å². The minimum atomic E-state index is -0.0709. The van der Waals surface area contributed by atoms with Crippen LogP contribution in [0.3, 0.4) is 0 Å². The number of carbonyl (C=O) groups excluding carboxylic acids is 1. The van der Waals surface area contributed by atoms with Crippen LogP contribution in [-0.2, 0) is 4.79 Å². The zero-order valence-electron chi connectivity index (χ0n) is 15.1. The molecule has 0 spiro atoms. The quantitative estimate of drug-likeness (QED) is 0.766. The number of phenols is 1. The zero-order valence-corrected chi connectivity index (χ0v) is 16.0. The third kappa shape index (κ3) is 3.83. The van der Waals surface area contributed by atoms with Crippen molar-refractivity contribution in [3.8, 4) is 5.75 Å². The molecule has 1 aliphatic heterocycles. The lowest BCUT2D eigenvalue weighted by Gasteiger charge is -2.22. The molecule has 5 heteroatoms. The lowest BCUT2D eigenvalue weighted by molar-refractivity contribution is -0.123. The first-order valence-corrected chi connectivity index (χ1v) is 9.47. The van der Waals surface area contributed by atoms with E-state index in [2.05, 4.69) is 6.92 Å². The number of phenolic OH excluding ortho intramolecular Hbond substituents is 1. The number of aromatic hydroxyl groups is 1. The first-order valence-electron chi connectivity index (χ1n) is 8.66. The highest BCUT2D eigenvalue weighted by atomic mass is 32.2. The second-order valence-electron chi connectivity index (χ2n) is 6.33. The lowest BCUT2D eigenvalue weighted by atomic mass is 10.1. The summed E-state index contributed by atoms with van der Waals surface area (Å²) in [6, 6.07) is 15.0. The summed E-state index contributed by atoms with van der Waals surface area (Å²) in [7, 11) is 0. The van der Waals surface area contributed by atoms with Crippen LogP contribution in [0.4, 0.5) is 5.69 Å². The van der Waals surface area contributed by atoms with Gasteiger partial charge in [-0.3, -0.25) is 9.69 Å². The van der Waals surface area contributed by atoms with Crippen molar-refractivity contribution in [1.29, 1.82) is 0 Å². The number of hydrogen-bond donors (Lipinski definition) is 1. The number of para-hydroxylation sites is 1. The summed E-state index contributed by atoms with van der Waals surface area (Å²) in [5.74, 6) is 0.0888. The fourth-order valence-corrected chi connectivity index (χ4v) is 3.70. The fourth-order valence-electron chi connectivity index (χ4n) is 2.62. The SMILES string of the molecule is CC[C@@H](C)N1C(=O)/C(=C\c2ccccc2O)SC1=Nc1ccc(C)cc1. The Hall–Kier alpha value is -2.53. The van der Waals surface area contributed by atoms with E-state index in [1.807, 2.05) is 44.2 Å². The molecule has 2 aromatic carbocycles. The van der Waals surface area contributed by atoms with Gasteiger partial charge in [-0.2, -0.15) is 0 Å². The Balaban J connectivity index is 1.99. The molecule has 1 N–H and O–H groups in total. The predicted octanol–water partition coefficient (Wildman–Crippen LogP) is 5.10. The van der Waals surface area contributed by atoms with E-state index in [0.717, 1.165) is 12.1 Å². The van der Waals surface area contributed by atoms with Crippen LogP contribution in [0.5, 0.6) is 5.75 Å². The lowest BCUT2D eigenvalue weighted by Crippen LogP contribution is -2.36. The van der Waals surface area contributed by atoms with Crippen LogP contribution in [0.15, 0.2) is 58.4 Å². The van der Waals surface area contributed by atoms with E-state index in [0.29, 0.717) is 15.6 Å². The van der Waals surface area contributed by atoms with Gasteiger partial charge < -0.3 is 5.11 Å². The minimum absolute atomic E-state index is 0.0504. The summed E-state index contributed by atoms with van der Waals surface area (Å²) in [5, 5.41) is 10.7. The van der Waals surface area contributed by atoms with Crippen molar-refractivity contribution < 1.29 is 9.90 Å². The Morgan fingerprint density at radius 3 is 2.54 bits per heavy atom. The number of amides is 1. The summed E-state index contributed by atoms with van der Waals surface area (Å²) in [5.41, 5.74) is 2.62. The number of thioether (sulfide) groups is 1. The van der Waals surface area contributed by atoms with Crippen LogP contribution in [0, 0.1) is 6.92 Å². The molecule has 1 fully saturated rings. The summed E-state index contributed by atoms with van der Waals surface area (Å²) in [4.78, 5) is 20.0. The Morgan fingerprint density at radius 1 is 1.19 bits per heavy atom. The fraction of sp³-hybridized carbons (Fsp3) is 0.238. The topological polar surface area (TPSA) is 52.9 Å². The van der Waals surface area contributed by atoms with Crippen LogP contribution in [0.2, 0.25) is 0 Å². The largest absolute Gasteiger partial charge is 0.507 e. The molecular weight excluding hydrogens is 344 g/mol. The van der Waals surface area contributed by atoms with Gasteiger partial charge in [-0.25, -0.2) is 4.99 Å². The van der Waals surface area contributed by atoms with E-state index in [9.17, 15) is 9.90 Å². The maximum Gasteiger partial charge on any atom is 0.267 e. The molecule has 3 rings (SSSR count). The van der Waals surface area contributed by atoms with Crippen molar-refractivity contribution in [3.05, 3.63) is 64.6 Å². The molecule has 0 bridgehead atoms. The summed E-state index contributed by atoms with van der Waals surface area (Å²) in [6.07, 6.45) is 2.57.